The van der Waals surface area contributed by atoms with Crippen molar-refractivity contribution in [1.82, 2.24) is 0 Å². The zero-order valence-electron chi connectivity index (χ0n) is 19.0. The van der Waals surface area contributed by atoms with E-state index in [0.717, 1.165) is 22.6 Å². The molecule has 0 bridgehead atoms. The van der Waals surface area contributed by atoms with Crippen LogP contribution in [-0.4, -0.2) is 0 Å². The second-order valence-electron chi connectivity index (χ2n) is 9.32. The van der Waals surface area contributed by atoms with Crippen molar-refractivity contribution < 1.29 is 4.74 Å². The average Bonchev–Trinajstić information content (AvgIpc) is 3.06. The summed E-state index contributed by atoms with van der Waals surface area (Å²) in [5, 5.41) is 7.85. The van der Waals surface area contributed by atoms with Crippen LogP contribution in [0.2, 0.25) is 0 Å². The molecule has 1 aliphatic rings. The zero-order chi connectivity index (χ0) is 22.9. The molecule has 0 amide bonds. The van der Waals surface area contributed by atoms with E-state index >= 15 is 0 Å². The minimum absolute atomic E-state index is 0.892. The van der Waals surface area contributed by atoms with E-state index in [4.69, 9.17) is 4.74 Å². The van der Waals surface area contributed by atoms with Gasteiger partial charge in [-0.15, -0.1) is 0 Å². The normalized spacial score (nSPS) is 12.2. The van der Waals surface area contributed by atoms with Crippen LogP contribution in [0.15, 0.2) is 121 Å². The van der Waals surface area contributed by atoms with Gasteiger partial charge in [0.15, 0.2) is 0 Å². The van der Waals surface area contributed by atoms with Crippen LogP contribution in [0.25, 0.3) is 65.7 Å². The lowest BCUT2D eigenvalue weighted by molar-refractivity contribution is 0.488. The highest BCUT2D eigenvalue weighted by atomic mass is 16.5. The summed E-state index contributed by atoms with van der Waals surface area (Å²) in [6, 6.07) is 43.6. The molecule has 0 saturated carbocycles. The minimum Gasteiger partial charge on any atom is -0.456 e. The van der Waals surface area contributed by atoms with Gasteiger partial charge in [0.05, 0.1) is 0 Å². The molecule has 35 heavy (non-hydrogen) atoms. The number of rotatable bonds is 1. The Labute approximate surface area is 203 Å². The van der Waals surface area contributed by atoms with E-state index in [0.29, 0.717) is 0 Å². The van der Waals surface area contributed by atoms with Gasteiger partial charge in [-0.2, -0.15) is 0 Å². The molecule has 0 saturated heterocycles. The van der Waals surface area contributed by atoms with Crippen LogP contribution in [0.5, 0.6) is 11.5 Å². The SMILES string of the molecule is c1ccc2c(c1)Oc1ccc(-c3ccc4ccc5cccc6ccc3c4c56)cc1-c1ccccc1-2. The second kappa shape index (κ2) is 6.94. The number of fused-ring (bicyclic) bond motifs is 5. The van der Waals surface area contributed by atoms with Crippen molar-refractivity contribution in [2.24, 2.45) is 0 Å². The van der Waals surface area contributed by atoms with E-state index in [1.54, 1.807) is 0 Å². The lowest BCUT2D eigenvalue weighted by atomic mass is 9.88. The predicted molar refractivity (Wildman–Crippen MR) is 147 cm³/mol. The number of benzene rings is 7. The van der Waals surface area contributed by atoms with E-state index in [1.807, 2.05) is 6.07 Å². The fourth-order valence-electron chi connectivity index (χ4n) is 5.83. The van der Waals surface area contributed by atoms with Gasteiger partial charge < -0.3 is 4.74 Å². The molecule has 0 aliphatic carbocycles. The van der Waals surface area contributed by atoms with E-state index < -0.39 is 0 Å². The maximum atomic E-state index is 6.46. The summed E-state index contributed by atoms with van der Waals surface area (Å²) >= 11 is 0. The molecule has 0 N–H and O–H groups in total. The first-order chi connectivity index (χ1) is 17.3. The van der Waals surface area contributed by atoms with Crippen LogP contribution in [0, 0.1) is 0 Å². The first kappa shape index (κ1) is 18.8. The molecule has 7 aromatic rings. The Morgan fingerprint density at radius 3 is 1.83 bits per heavy atom. The van der Waals surface area contributed by atoms with Crippen LogP contribution in [0.4, 0.5) is 0 Å². The topological polar surface area (TPSA) is 9.23 Å². The first-order valence-electron chi connectivity index (χ1n) is 12.0. The Kier molecular flexibility index (Phi) is 3.72. The second-order valence-corrected chi connectivity index (χ2v) is 9.32. The third-order valence-corrected chi connectivity index (χ3v) is 7.43. The number of hydrogen-bond donors (Lipinski definition) is 0. The molecule has 8 rings (SSSR count). The van der Waals surface area contributed by atoms with E-state index in [2.05, 4.69) is 115 Å². The highest BCUT2D eigenvalue weighted by molar-refractivity contribution is 6.25. The van der Waals surface area contributed by atoms with Gasteiger partial charge in [-0.1, -0.05) is 103 Å². The molecule has 1 aliphatic heterocycles. The molecule has 0 spiro atoms. The van der Waals surface area contributed by atoms with E-state index in [1.165, 1.54) is 54.6 Å². The standard InChI is InChI=1S/C34H20O/c1-2-9-27-26(8-1)28-10-3-4-11-31(28)35-32-19-16-24(20-30(27)32)25-17-14-23-13-12-21-6-5-7-22-15-18-29(25)34(23)33(21)22/h1-20H. The molecule has 162 valence electrons. The van der Waals surface area contributed by atoms with Crippen LogP contribution < -0.4 is 4.74 Å². The third kappa shape index (κ3) is 2.64. The monoisotopic (exact) mass is 444 g/mol. The van der Waals surface area contributed by atoms with Crippen LogP contribution in [-0.2, 0) is 0 Å². The van der Waals surface area contributed by atoms with Gasteiger partial charge in [0.1, 0.15) is 11.5 Å². The molecule has 7 aromatic carbocycles. The maximum absolute atomic E-state index is 6.46. The molecule has 1 heterocycles. The minimum atomic E-state index is 0.892. The van der Waals surface area contributed by atoms with Crippen molar-refractivity contribution >= 4 is 32.3 Å². The fourth-order valence-corrected chi connectivity index (χ4v) is 5.83. The molecule has 0 fully saturated rings. The van der Waals surface area contributed by atoms with E-state index in [-0.39, 0.29) is 0 Å². The first-order valence-corrected chi connectivity index (χ1v) is 12.0. The largest absolute Gasteiger partial charge is 0.456 e. The molecule has 0 aromatic heterocycles. The molecule has 1 heteroatoms. The summed E-state index contributed by atoms with van der Waals surface area (Å²) < 4.78 is 6.46. The van der Waals surface area contributed by atoms with Gasteiger partial charge in [-0.3, -0.25) is 0 Å². The molecule has 0 unspecified atom stereocenters. The Balaban J connectivity index is 1.41. The summed E-state index contributed by atoms with van der Waals surface area (Å²) in [6.07, 6.45) is 0. The zero-order valence-corrected chi connectivity index (χ0v) is 19.0. The van der Waals surface area contributed by atoms with Crippen molar-refractivity contribution in [2.45, 2.75) is 0 Å². The quantitative estimate of drug-likeness (QED) is 0.229. The summed E-state index contributed by atoms with van der Waals surface area (Å²) in [6.45, 7) is 0. The molecule has 1 nitrogen and oxygen atoms in total. The summed E-state index contributed by atoms with van der Waals surface area (Å²) in [7, 11) is 0. The number of hydrogen-bond acceptors (Lipinski definition) is 1. The van der Waals surface area contributed by atoms with Crippen molar-refractivity contribution in [3.8, 4) is 44.9 Å². The maximum Gasteiger partial charge on any atom is 0.135 e. The van der Waals surface area contributed by atoms with Crippen LogP contribution in [0.3, 0.4) is 0 Å². The van der Waals surface area contributed by atoms with Gasteiger partial charge in [0, 0.05) is 11.1 Å². The Morgan fingerprint density at radius 1 is 0.371 bits per heavy atom. The van der Waals surface area contributed by atoms with Gasteiger partial charge in [-0.05, 0) is 72.8 Å². The average molecular weight is 445 g/mol. The third-order valence-electron chi connectivity index (χ3n) is 7.43. The molecule has 0 atom stereocenters. The van der Waals surface area contributed by atoms with Crippen molar-refractivity contribution in [2.75, 3.05) is 0 Å². The summed E-state index contributed by atoms with van der Waals surface area (Å²) in [5.41, 5.74) is 7.11. The smallest absolute Gasteiger partial charge is 0.135 e. The Morgan fingerprint density at radius 2 is 1.00 bits per heavy atom. The van der Waals surface area contributed by atoms with E-state index in [9.17, 15) is 0 Å². The fraction of sp³-hybridized carbons (Fsp3) is 0. The van der Waals surface area contributed by atoms with Crippen molar-refractivity contribution in [3.63, 3.8) is 0 Å². The summed E-state index contributed by atoms with van der Waals surface area (Å²) in [4.78, 5) is 0. The predicted octanol–water partition coefficient (Wildman–Crippen LogP) is 9.69. The Hall–Kier alpha value is -4.62. The van der Waals surface area contributed by atoms with Crippen LogP contribution in [0.1, 0.15) is 0 Å². The van der Waals surface area contributed by atoms with Crippen molar-refractivity contribution in [3.05, 3.63) is 121 Å². The van der Waals surface area contributed by atoms with Crippen molar-refractivity contribution in [1.29, 1.82) is 0 Å². The highest BCUT2D eigenvalue weighted by Gasteiger charge is 2.21. The van der Waals surface area contributed by atoms with Gasteiger partial charge in [0.2, 0.25) is 0 Å². The molecule has 0 radical (unpaired) electrons. The van der Waals surface area contributed by atoms with Gasteiger partial charge >= 0.3 is 0 Å². The molecular formula is C34H20O. The number of ether oxygens (including phenoxy) is 1. The lowest BCUT2D eigenvalue weighted by Gasteiger charge is -2.16. The highest BCUT2D eigenvalue weighted by Crippen LogP contribution is 2.48. The van der Waals surface area contributed by atoms with Gasteiger partial charge in [-0.25, -0.2) is 0 Å². The molecular weight excluding hydrogens is 424 g/mol. The summed E-state index contributed by atoms with van der Waals surface area (Å²) in [5.74, 6) is 1.79. The lowest BCUT2D eigenvalue weighted by Crippen LogP contribution is -1.90. The van der Waals surface area contributed by atoms with Gasteiger partial charge in [0.25, 0.3) is 0 Å². The van der Waals surface area contributed by atoms with Crippen LogP contribution >= 0.6 is 0 Å². The Bertz CT molecular complexity index is 1910. The number of para-hydroxylation sites is 1.